The van der Waals surface area contributed by atoms with Crippen molar-refractivity contribution >= 4 is 16.8 Å². The molecule has 5 heteroatoms. The third kappa shape index (κ3) is 3.90. The molecule has 0 radical (unpaired) electrons. The smallest absolute Gasteiger partial charge is 0.221 e. The molecule has 1 atom stereocenters. The molecule has 3 aromatic rings. The number of nitrogens with one attached hydrogen (secondary N) is 1. The first-order valence-electron chi connectivity index (χ1n) is 9.66. The number of benzene rings is 2. The van der Waals surface area contributed by atoms with E-state index < -0.39 is 0 Å². The Labute approximate surface area is 164 Å². The SMILES string of the molecule is Cc1ccc2nc(-c3ccc(F)cc3)c(CN3CCC(=O)NCC3C)cc2c1. The Hall–Kier alpha value is -2.79. The summed E-state index contributed by atoms with van der Waals surface area (Å²) in [6.45, 7) is 6.25. The molecule has 1 N–H and O–H groups in total. The largest absolute Gasteiger partial charge is 0.355 e. The fourth-order valence-electron chi connectivity index (χ4n) is 3.72. The Balaban J connectivity index is 1.78. The quantitative estimate of drug-likeness (QED) is 0.749. The van der Waals surface area contributed by atoms with Crippen molar-refractivity contribution in [2.24, 2.45) is 0 Å². The van der Waals surface area contributed by atoms with Crippen molar-refractivity contribution in [3.05, 3.63) is 65.5 Å². The molecule has 4 nitrogen and oxygen atoms in total. The first kappa shape index (κ1) is 18.6. The molecule has 1 fully saturated rings. The third-order valence-electron chi connectivity index (χ3n) is 5.38. The molecular formula is C23H24FN3O. The van der Waals surface area contributed by atoms with E-state index in [2.05, 4.69) is 42.3 Å². The summed E-state index contributed by atoms with van der Waals surface area (Å²) in [6, 6.07) is 15.1. The molecule has 1 aliphatic rings. The summed E-state index contributed by atoms with van der Waals surface area (Å²) in [4.78, 5) is 19.0. The number of carbonyl (C=O) groups is 1. The van der Waals surface area contributed by atoms with Crippen LogP contribution in [0.4, 0.5) is 4.39 Å². The van der Waals surface area contributed by atoms with Gasteiger partial charge in [0.15, 0.2) is 0 Å². The number of rotatable bonds is 3. The van der Waals surface area contributed by atoms with Crippen LogP contribution >= 0.6 is 0 Å². The van der Waals surface area contributed by atoms with E-state index >= 15 is 0 Å². The van der Waals surface area contributed by atoms with Crippen molar-refractivity contribution in [3.8, 4) is 11.3 Å². The highest BCUT2D eigenvalue weighted by molar-refractivity contribution is 5.84. The van der Waals surface area contributed by atoms with Crippen LogP contribution in [-0.2, 0) is 11.3 Å². The number of aromatic nitrogens is 1. The molecule has 2 heterocycles. The van der Waals surface area contributed by atoms with Crippen LogP contribution in [0.1, 0.15) is 24.5 Å². The number of pyridine rings is 1. The number of hydrogen-bond acceptors (Lipinski definition) is 3. The topological polar surface area (TPSA) is 45.2 Å². The number of halogens is 1. The van der Waals surface area contributed by atoms with Gasteiger partial charge in [0.25, 0.3) is 0 Å². The number of amides is 1. The first-order valence-corrected chi connectivity index (χ1v) is 9.66. The van der Waals surface area contributed by atoms with Crippen molar-refractivity contribution < 1.29 is 9.18 Å². The van der Waals surface area contributed by atoms with Crippen molar-refractivity contribution in [1.29, 1.82) is 0 Å². The summed E-state index contributed by atoms with van der Waals surface area (Å²) in [5.74, 6) is -0.159. The highest BCUT2D eigenvalue weighted by Gasteiger charge is 2.22. The van der Waals surface area contributed by atoms with Gasteiger partial charge in [0.1, 0.15) is 5.82 Å². The van der Waals surface area contributed by atoms with Crippen LogP contribution in [-0.4, -0.2) is 34.9 Å². The number of hydrogen-bond donors (Lipinski definition) is 1. The molecule has 4 rings (SSSR count). The van der Waals surface area contributed by atoms with Crippen molar-refractivity contribution in [2.75, 3.05) is 13.1 Å². The number of fused-ring (bicyclic) bond motifs is 1. The van der Waals surface area contributed by atoms with Gasteiger partial charge in [-0.15, -0.1) is 0 Å². The Morgan fingerprint density at radius 3 is 2.75 bits per heavy atom. The molecule has 1 aromatic heterocycles. The van der Waals surface area contributed by atoms with Gasteiger partial charge >= 0.3 is 0 Å². The molecule has 1 amide bonds. The maximum absolute atomic E-state index is 13.4. The first-order chi connectivity index (χ1) is 13.5. The minimum absolute atomic E-state index is 0.0976. The number of aryl methyl sites for hydroxylation is 1. The summed E-state index contributed by atoms with van der Waals surface area (Å²) < 4.78 is 13.4. The molecule has 144 valence electrons. The normalized spacial score (nSPS) is 18.1. The Kier molecular flexibility index (Phi) is 5.09. The second-order valence-corrected chi connectivity index (χ2v) is 7.57. The van der Waals surface area contributed by atoms with E-state index in [1.165, 1.54) is 17.7 Å². The van der Waals surface area contributed by atoms with Crippen molar-refractivity contribution in [2.45, 2.75) is 32.9 Å². The lowest BCUT2D eigenvalue weighted by atomic mass is 10.0. The van der Waals surface area contributed by atoms with E-state index in [9.17, 15) is 9.18 Å². The molecule has 0 bridgehead atoms. The lowest BCUT2D eigenvalue weighted by Gasteiger charge is -2.27. The summed E-state index contributed by atoms with van der Waals surface area (Å²) >= 11 is 0. The van der Waals surface area contributed by atoms with Gasteiger partial charge in [0.2, 0.25) is 5.91 Å². The van der Waals surface area contributed by atoms with Gasteiger partial charge in [-0.1, -0.05) is 11.6 Å². The molecule has 0 aliphatic carbocycles. The van der Waals surface area contributed by atoms with Crippen molar-refractivity contribution in [3.63, 3.8) is 0 Å². The highest BCUT2D eigenvalue weighted by atomic mass is 19.1. The number of nitrogens with zero attached hydrogens (tertiary/aromatic N) is 2. The lowest BCUT2D eigenvalue weighted by Crippen LogP contribution is -2.37. The maximum atomic E-state index is 13.4. The van der Waals surface area contributed by atoms with Crippen LogP contribution in [0.3, 0.4) is 0 Å². The molecule has 1 aliphatic heterocycles. The summed E-state index contributed by atoms with van der Waals surface area (Å²) in [6.07, 6.45) is 0.496. The van der Waals surface area contributed by atoms with E-state index in [0.717, 1.165) is 27.7 Å². The number of carbonyl (C=O) groups excluding carboxylic acids is 1. The van der Waals surface area contributed by atoms with Crippen LogP contribution < -0.4 is 5.32 Å². The highest BCUT2D eigenvalue weighted by Crippen LogP contribution is 2.28. The molecule has 0 saturated carbocycles. The Morgan fingerprint density at radius 1 is 1.18 bits per heavy atom. The van der Waals surface area contributed by atoms with E-state index in [4.69, 9.17) is 4.98 Å². The monoisotopic (exact) mass is 377 g/mol. The molecule has 0 spiro atoms. The molecular weight excluding hydrogens is 353 g/mol. The van der Waals surface area contributed by atoms with Crippen molar-refractivity contribution in [1.82, 2.24) is 15.2 Å². The summed E-state index contributed by atoms with van der Waals surface area (Å²) in [5, 5.41) is 4.06. The average Bonchev–Trinajstić information content (AvgIpc) is 2.84. The molecule has 2 aromatic carbocycles. The fraction of sp³-hybridized carbons (Fsp3) is 0.304. The van der Waals surface area contributed by atoms with E-state index in [1.54, 1.807) is 12.1 Å². The standard InChI is InChI=1S/C23H24FN3O/c1-15-3-8-21-18(11-15)12-19(14-27-10-9-22(28)25-13-16(27)2)23(26-21)17-4-6-20(24)7-5-17/h3-8,11-12,16H,9-10,13-14H2,1-2H3,(H,25,28). The Bertz CT molecular complexity index is 1020. The average molecular weight is 377 g/mol. The maximum Gasteiger partial charge on any atom is 0.221 e. The van der Waals surface area contributed by atoms with Crippen LogP contribution in [0.2, 0.25) is 0 Å². The van der Waals surface area contributed by atoms with Gasteiger partial charge in [-0.25, -0.2) is 9.37 Å². The van der Waals surface area contributed by atoms with Crippen LogP contribution in [0.5, 0.6) is 0 Å². The van der Waals surface area contributed by atoms with Crippen LogP contribution in [0, 0.1) is 12.7 Å². The van der Waals surface area contributed by atoms with E-state index in [0.29, 0.717) is 26.1 Å². The third-order valence-corrected chi connectivity index (χ3v) is 5.38. The summed E-state index contributed by atoms with van der Waals surface area (Å²) in [7, 11) is 0. The minimum atomic E-state index is -0.257. The van der Waals surface area contributed by atoms with Gasteiger partial charge in [-0.3, -0.25) is 9.69 Å². The van der Waals surface area contributed by atoms with Crippen LogP contribution in [0.25, 0.3) is 22.2 Å². The van der Waals surface area contributed by atoms with Gasteiger partial charge in [0.05, 0.1) is 11.2 Å². The second kappa shape index (κ2) is 7.68. The van der Waals surface area contributed by atoms with Gasteiger partial charge in [-0.2, -0.15) is 0 Å². The lowest BCUT2D eigenvalue weighted by molar-refractivity contribution is -0.120. The van der Waals surface area contributed by atoms with E-state index in [1.807, 2.05) is 6.07 Å². The van der Waals surface area contributed by atoms with Gasteiger partial charge in [0, 0.05) is 43.0 Å². The molecule has 28 heavy (non-hydrogen) atoms. The molecule has 1 unspecified atom stereocenters. The van der Waals surface area contributed by atoms with Crippen LogP contribution in [0.15, 0.2) is 48.5 Å². The zero-order chi connectivity index (χ0) is 19.7. The molecule has 1 saturated heterocycles. The minimum Gasteiger partial charge on any atom is -0.355 e. The van der Waals surface area contributed by atoms with Gasteiger partial charge in [-0.05, 0) is 61.9 Å². The summed E-state index contributed by atoms with van der Waals surface area (Å²) in [5.41, 5.74) is 4.97. The van der Waals surface area contributed by atoms with Gasteiger partial charge < -0.3 is 5.32 Å². The Morgan fingerprint density at radius 2 is 1.96 bits per heavy atom. The van der Waals surface area contributed by atoms with E-state index in [-0.39, 0.29) is 17.8 Å². The predicted molar refractivity (Wildman–Crippen MR) is 109 cm³/mol. The fourth-order valence-corrected chi connectivity index (χ4v) is 3.72. The second-order valence-electron chi connectivity index (χ2n) is 7.57. The zero-order valence-electron chi connectivity index (χ0n) is 16.2. The predicted octanol–water partition coefficient (Wildman–Crippen LogP) is 4.06. The zero-order valence-corrected chi connectivity index (χ0v) is 16.2.